The van der Waals surface area contributed by atoms with Gasteiger partial charge in [0.1, 0.15) is 6.04 Å². The number of ether oxygens (including phenoxy) is 1. The summed E-state index contributed by atoms with van der Waals surface area (Å²) in [5.41, 5.74) is 1.34. The molecule has 2 aromatic heterocycles. The van der Waals surface area contributed by atoms with Crippen LogP contribution in [-0.4, -0.2) is 32.6 Å². The standard InChI is InChI=1S/C16H20N4O2S2/c1-5-23-16-18-15-17-10(4)12(14(21)22-9(2)3)13(20(15)19-16)11-7-6-8-24-11/h6-9,13H,5H2,1-4H3,(H,17,18,19). The number of nitrogens with one attached hydrogen (secondary N) is 1. The Bertz CT molecular complexity index is 765. The van der Waals surface area contributed by atoms with E-state index in [4.69, 9.17) is 4.74 Å². The lowest BCUT2D eigenvalue weighted by molar-refractivity contribution is -0.143. The molecule has 0 aromatic carbocycles. The van der Waals surface area contributed by atoms with E-state index in [-0.39, 0.29) is 18.1 Å². The van der Waals surface area contributed by atoms with Gasteiger partial charge in [0, 0.05) is 10.6 Å². The van der Waals surface area contributed by atoms with Crippen molar-refractivity contribution in [2.45, 2.75) is 45.0 Å². The molecule has 0 fully saturated rings. The first-order valence-electron chi connectivity index (χ1n) is 7.82. The summed E-state index contributed by atoms with van der Waals surface area (Å²) in [6, 6.07) is 3.67. The molecule has 0 spiro atoms. The number of esters is 1. The number of hydrogen-bond donors (Lipinski definition) is 1. The average Bonchev–Trinajstić information content (AvgIpc) is 3.14. The lowest BCUT2D eigenvalue weighted by Crippen LogP contribution is -2.30. The Kier molecular flexibility index (Phi) is 4.96. The van der Waals surface area contributed by atoms with Crippen molar-refractivity contribution in [3.05, 3.63) is 33.7 Å². The summed E-state index contributed by atoms with van der Waals surface area (Å²) in [5.74, 6) is 1.23. The maximum Gasteiger partial charge on any atom is 0.338 e. The molecule has 0 saturated carbocycles. The quantitative estimate of drug-likeness (QED) is 0.644. The third-order valence-corrected chi connectivity index (χ3v) is 5.13. The topological polar surface area (TPSA) is 69.0 Å². The van der Waals surface area contributed by atoms with Gasteiger partial charge in [0.15, 0.2) is 0 Å². The number of aromatic nitrogens is 3. The van der Waals surface area contributed by atoms with Gasteiger partial charge in [-0.05, 0) is 38.0 Å². The second kappa shape index (κ2) is 6.98. The molecule has 0 amide bonds. The second-order valence-electron chi connectivity index (χ2n) is 5.63. The Morgan fingerprint density at radius 2 is 2.33 bits per heavy atom. The van der Waals surface area contributed by atoms with Gasteiger partial charge in [-0.3, -0.25) is 0 Å². The van der Waals surface area contributed by atoms with Gasteiger partial charge in [0.05, 0.1) is 11.7 Å². The number of thioether (sulfide) groups is 1. The highest BCUT2D eigenvalue weighted by Crippen LogP contribution is 2.38. The molecule has 24 heavy (non-hydrogen) atoms. The molecule has 3 heterocycles. The molecular weight excluding hydrogens is 344 g/mol. The normalized spacial score (nSPS) is 17.0. The van der Waals surface area contributed by atoms with E-state index in [0.717, 1.165) is 16.3 Å². The average molecular weight is 364 g/mol. The number of carbonyl (C=O) groups is 1. The van der Waals surface area contributed by atoms with E-state index in [1.807, 2.05) is 38.3 Å². The van der Waals surface area contributed by atoms with Crippen LogP contribution in [0, 0.1) is 0 Å². The monoisotopic (exact) mass is 364 g/mol. The van der Waals surface area contributed by atoms with E-state index >= 15 is 0 Å². The molecule has 1 atom stereocenters. The molecule has 2 aromatic rings. The number of carbonyl (C=O) groups excluding carboxylic acids is 1. The van der Waals surface area contributed by atoms with Crippen molar-refractivity contribution in [3.63, 3.8) is 0 Å². The summed E-state index contributed by atoms with van der Waals surface area (Å²) in [6.07, 6.45) is -0.176. The molecule has 1 aliphatic heterocycles. The summed E-state index contributed by atoms with van der Waals surface area (Å²) in [7, 11) is 0. The molecule has 6 nitrogen and oxygen atoms in total. The van der Waals surface area contributed by atoms with Gasteiger partial charge >= 0.3 is 5.97 Å². The van der Waals surface area contributed by atoms with Gasteiger partial charge in [-0.1, -0.05) is 24.8 Å². The van der Waals surface area contributed by atoms with Crippen LogP contribution < -0.4 is 5.32 Å². The minimum atomic E-state index is -0.320. The van der Waals surface area contributed by atoms with Crippen molar-refractivity contribution in [1.82, 2.24) is 14.8 Å². The first kappa shape index (κ1) is 17.0. The van der Waals surface area contributed by atoms with Crippen LogP contribution in [0.4, 0.5) is 5.95 Å². The zero-order valence-corrected chi connectivity index (χ0v) is 15.7. The van der Waals surface area contributed by atoms with Crippen molar-refractivity contribution in [3.8, 4) is 0 Å². The molecule has 0 radical (unpaired) electrons. The van der Waals surface area contributed by atoms with Crippen LogP contribution in [0.3, 0.4) is 0 Å². The molecule has 1 unspecified atom stereocenters. The Labute approximate surface area is 149 Å². The van der Waals surface area contributed by atoms with Gasteiger partial charge in [0.2, 0.25) is 11.1 Å². The smallest absolute Gasteiger partial charge is 0.338 e. The van der Waals surface area contributed by atoms with E-state index in [2.05, 4.69) is 22.3 Å². The number of nitrogens with zero attached hydrogens (tertiary/aromatic N) is 3. The minimum absolute atomic E-state index is 0.176. The third-order valence-electron chi connectivity index (χ3n) is 3.48. The van der Waals surface area contributed by atoms with Crippen LogP contribution in [0.2, 0.25) is 0 Å². The Balaban J connectivity index is 2.07. The van der Waals surface area contributed by atoms with Crippen LogP contribution in [-0.2, 0) is 9.53 Å². The highest BCUT2D eigenvalue weighted by atomic mass is 32.2. The Hall–Kier alpha value is -1.80. The van der Waals surface area contributed by atoms with E-state index in [1.54, 1.807) is 27.8 Å². The zero-order valence-electron chi connectivity index (χ0n) is 14.1. The maximum absolute atomic E-state index is 12.7. The zero-order chi connectivity index (χ0) is 17.3. The molecule has 8 heteroatoms. The van der Waals surface area contributed by atoms with Crippen molar-refractivity contribution in [1.29, 1.82) is 0 Å². The maximum atomic E-state index is 12.7. The fourth-order valence-electron chi connectivity index (χ4n) is 2.57. The highest BCUT2D eigenvalue weighted by molar-refractivity contribution is 7.99. The SMILES string of the molecule is CCSc1nc2n(n1)C(c1cccs1)C(C(=O)OC(C)C)=C(C)N2. The predicted molar refractivity (Wildman–Crippen MR) is 96.4 cm³/mol. The van der Waals surface area contributed by atoms with E-state index in [1.165, 1.54) is 0 Å². The summed E-state index contributed by atoms with van der Waals surface area (Å²) in [5, 5.41) is 10.5. The first-order valence-corrected chi connectivity index (χ1v) is 9.69. The number of thiophene rings is 1. The van der Waals surface area contributed by atoms with Gasteiger partial charge in [-0.25, -0.2) is 9.48 Å². The fraction of sp³-hybridized carbons (Fsp3) is 0.438. The third kappa shape index (κ3) is 3.21. The van der Waals surface area contributed by atoms with E-state index in [9.17, 15) is 4.79 Å². The molecule has 0 bridgehead atoms. The predicted octanol–water partition coefficient (Wildman–Crippen LogP) is 3.69. The van der Waals surface area contributed by atoms with Gasteiger partial charge in [-0.2, -0.15) is 4.98 Å². The van der Waals surface area contributed by atoms with Crippen LogP contribution >= 0.6 is 23.1 Å². The number of allylic oxidation sites excluding steroid dienone is 1. The molecule has 3 rings (SSSR count). The summed E-state index contributed by atoms with van der Waals surface area (Å²) >= 11 is 3.17. The summed E-state index contributed by atoms with van der Waals surface area (Å²) in [6.45, 7) is 7.63. The van der Waals surface area contributed by atoms with Crippen molar-refractivity contribution in [2.75, 3.05) is 11.1 Å². The van der Waals surface area contributed by atoms with Crippen LogP contribution in [0.15, 0.2) is 33.9 Å². The van der Waals surface area contributed by atoms with Gasteiger partial charge in [0.25, 0.3) is 0 Å². The first-order chi connectivity index (χ1) is 11.5. The fourth-order valence-corrected chi connectivity index (χ4v) is 3.95. The molecule has 128 valence electrons. The number of fused-ring (bicyclic) bond motifs is 1. The van der Waals surface area contributed by atoms with Crippen LogP contribution in [0.1, 0.15) is 38.6 Å². The molecule has 1 aliphatic rings. The second-order valence-corrected chi connectivity index (χ2v) is 7.84. The molecule has 1 N–H and O–H groups in total. The summed E-state index contributed by atoms with van der Waals surface area (Å²) < 4.78 is 7.24. The summed E-state index contributed by atoms with van der Waals surface area (Å²) in [4.78, 5) is 18.2. The largest absolute Gasteiger partial charge is 0.459 e. The van der Waals surface area contributed by atoms with Crippen LogP contribution in [0.5, 0.6) is 0 Å². The molecule has 0 aliphatic carbocycles. The Morgan fingerprint density at radius 3 is 2.96 bits per heavy atom. The highest BCUT2D eigenvalue weighted by Gasteiger charge is 2.36. The van der Waals surface area contributed by atoms with E-state index < -0.39 is 0 Å². The van der Waals surface area contributed by atoms with Gasteiger partial charge < -0.3 is 10.1 Å². The number of hydrogen-bond acceptors (Lipinski definition) is 7. The van der Waals surface area contributed by atoms with Crippen molar-refractivity contribution in [2.24, 2.45) is 0 Å². The van der Waals surface area contributed by atoms with Crippen LogP contribution in [0.25, 0.3) is 0 Å². The Morgan fingerprint density at radius 1 is 1.54 bits per heavy atom. The lowest BCUT2D eigenvalue weighted by Gasteiger charge is -2.27. The van der Waals surface area contributed by atoms with E-state index in [0.29, 0.717) is 16.7 Å². The number of rotatable bonds is 5. The number of anilines is 1. The minimum Gasteiger partial charge on any atom is -0.459 e. The van der Waals surface area contributed by atoms with Crippen molar-refractivity contribution < 1.29 is 9.53 Å². The van der Waals surface area contributed by atoms with Gasteiger partial charge in [-0.15, -0.1) is 16.4 Å². The lowest BCUT2D eigenvalue weighted by atomic mass is 10.0. The van der Waals surface area contributed by atoms with Crippen molar-refractivity contribution >= 4 is 35.0 Å². The molecular formula is C16H20N4O2S2. The molecule has 0 saturated heterocycles.